The first-order valence-corrected chi connectivity index (χ1v) is 6.84. The fourth-order valence-electron chi connectivity index (χ4n) is 2.44. The molecule has 1 aromatic carbocycles. The summed E-state index contributed by atoms with van der Waals surface area (Å²) in [5, 5.41) is 3.04. The van der Waals surface area contributed by atoms with Gasteiger partial charge in [-0.1, -0.05) is 0 Å². The summed E-state index contributed by atoms with van der Waals surface area (Å²) in [5.74, 6) is 0.372. The average Bonchev–Trinajstić information content (AvgIpc) is 2.83. The van der Waals surface area contributed by atoms with Gasteiger partial charge in [0, 0.05) is 12.1 Å². The summed E-state index contributed by atoms with van der Waals surface area (Å²) in [6.45, 7) is 4.68. The van der Waals surface area contributed by atoms with Crippen LogP contribution < -0.4 is 5.32 Å². The van der Waals surface area contributed by atoms with Gasteiger partial charge in [0.25, 0.3) is 0 Å². The molecule has 1 N–H and O–H groups in total. The van der Waals surface area contributed by atoms with E-state index in [9.17, 15) is 4.39 Å². The highest BCUT2D eigenvalue weighted by molar-refractivity contribution is 5.79. The van der Waals surface area contributed by atoms with Crippen LogP contribution in [0.4, 0.5) is 4.39 Å². The topological polar surface area (TPSA) is 42.7 Å². The lowest BCUT2D eigenvalue weighted by Crippen LogP contribution is -2.11. The second kappa shape index (κ2) is 5.26. The molecule has 0 bridgehead atoms. The predicted octanol–water partition coefficient (Wildman–Crippen LogP) is 2.90. The quantitative estimate of drug-likeness (QED) is 0.804. The minimum atomic E-state index is -0.333. The van der Waals surface area contributed by atoms with Crippen LogP contribution in [0.5, 0.6) is 0 Å². The number of nitrogens with zero attached hydrogens (tertiary/aromatic N) is 3. The average molecular weight is 284 g/mol. The summed E-state index contributed by atoms with van der Waals surface area (Å²) in [4.78, 5) is 8.68. The van der Waals surface area contributed by atoms with Crippen molar-refractivity contribution in [3.63, 3.8) is 0 Å². The largest absolute Gasteiger partial charge is 0.316 e. The van der Waals surface area contributed by atoms with Gasteiger partial charge in [0.05, 0.1) is 17.2 Å². The number of pyridine rings is 1. The Labute approximate surface area is 122 Å². The fraction of sp³-hybridized carbons (Fsp3) is 0.250. The number of aryl methyl sites for hydroxylation is 2. The van der Waals surface area contributed by atoms with Gasteiger partial charge in [0.15, 0.2) is 0 Å². The monoisotopic (exact) mass is 284 g/mol. The number of nitrogens with one attached hydrogen (secondary N) is 1. The van der Waals surface area contributed by atoms with Crippen molar-refractivity contribution in [2.45, 2.75) is 20.4 Å². The Kier molecular flexibility index (Phi) is 3.43. The Hall–Kier alpha value is -2.27. The Balaban J connectivity index is 2.23. The second-order valence-corrected chi connectivity index (χ2v) is 5.21. The summed E-state index contributed by atoms with van der Waals surface area (Å²) in [6.07, 6.45) is 2.98. The van der Waals surface area contributed by atoms with Gasteiger partial charge in [0.1, 0.15) is 18.0 Å². The van der Waals surface area contributed by atoms with Crippen molar-refractivity contribution < 1.29 is 4.39 Å². The summed E-state index contributed by atoms with van der Waals surface area (Å²) < 4.78 is 15.3. The molecular formula is C16H17FN4. The first-order valence-electron chi connectivity index (χ1n) is 6.84. The smallest absolute Gasteiger partial charge is 0.143 e. The molecule has 0 atom stereocenters. The van der Waals surface area contributed by atoms with Crippen LogP contribution in [0.15, 0.2) is 30.7 Å². The van der Waals surface area contributed by atoms with Crippen molar-refractivity contribution in [3.8, 4) is 5.82 Å². The van der Waals surface area contributed by atoms with Gasteiger partial charge >= 0.3 is 0 Å². The molecule has 0 spiro atoms. The van der Waals surface area contributed by atoms with Crippen LogP contribution >= 0.6 is 0 Å². The van der Waals surface area contributed by atoms with E-state index >= 15 is 0 Å². The van der Waals surface area contributed by atoms with E-state index in [4.69, 9.17) is 0 Å². The molecule has 2 heterocycles. The van der Waals surface area contributed by atoms with E-state index in [0.717, 1.165) is 16.6 Å². The lowest BCUT2D eigenvalue weighted by molar-refractivity contribution is 0.615. The van der Waals surface area contributed by atoms with Crippen molar-refractivity contribution in [2.24, 2.45) is 0 Å². The van der Waals surface area contributed by atoms with Gasteiger partial charge in [-0.2, -0.15) is 0 Å². The molecule has 5 heteroatoms. The van der Waals surface area contributed by atoms with Crippen molar-refractivity contribution in [2.75, 3.05) is 7.05 Å². The zero-order valence-electron chi connectivity index (χ0n) is 12.3. The maximum absolute atomic E-state index is 13.4. The van der Waals surface area contributed by atoms with E-state index in [0.29, 0.717) is 12.4 Å². The lowest BCUT2D eigenvalue weighted by atomic mass is 10.1. The molecule has 0 saturated heterocycles. The molecule has 3 rings (SSSR count). The van der Waals surface area contributed by atoms with E-state index in [2.05, 4.69) is 41.3 Å². The number of halogens is 1. The molecule has 0 radical (unpaired) electrons. The van der Waals surface area contributed by atoms with Crippen LogP contribution in [0.1, 0.15) is 16.7 Å². The van der Waals surface area contributed by atoms with E-state index in [1.807, 2.05) is 11.6 Å². The van der Waals surface area contributed by atoms with Crippen LogP contribution in [0.3, 0.4) is 0 Å². The standard InChI is InChI=1S/C16H17FN4/c1-10-4-14-15(5-11(10)2)21(9-20-14)16-12(7-18-3)6-13(17)8-19-16/h4-6,8-9,18H,7H2,1-3H3. The number of benzene rings is 1. The minimum absolute atomic E-state index is 0.333. The molecule has 0 saturated carbocycles. The zero-order valence-corrected chi connectivity index (χ0v) is 12.3. The summed E-state index contributed by atoms with van der Waals surface area (Å²) in [5.41, 5.74) is 5.10. The number of fused-ring (bicyclic) bond motifs is 1. The third-order valence-corrected chi connectivity index (χ3v) is 3.67. The van der Waals surface area contributed by atoms with Gasteiger partial charge in [-0.3, -0.25) is 4.57 Å². The van der Waals surface area contributed by atoms with E-state index in [-0.39, 0.29) is 5.82 Å². The summed E-state index contributed by atoms with van der Waals surface area (Å²) >= 11 is 0. The zero-order chi connectivity index (χ0) is 15.0. The SMILES string of the molecule is CNCc1cc(F)cnc1-n1cnc2cc(C)c(C)cc21. The molecule has 0 fully saturated rings. The molecule has 0 unspecified atom stereocenters. The molecule has 0 aliphatic rings. The van der Waals surface area contributed by atoms with Gasteiger partial charge in [-0.05, 0) is 50.2 Å². The van der Waals surface area contributed by atoms with Crippen LogP contribution in [-0.4, -0.2) is 21.6 Å². The van der Waals surface area contributed by atoms with Crippen LogP contribution in [0, 0.1) is 19.7 Å². The number of aromatic nitrogens is 3. The van der Waals surface area contributed by atoms with E-state index in [1.54, 1.807) is 6.33 Å². The van der Waals surface area contributed by atoms with Crippen LogP contribution in [0.25, 0.3) is 16.9 Å². The van der Waals surface area contributed by atoms with E-state index in [1.165, 1.54) is 23.4 Å². The molecule has 0 aliphatic heterocycles. The third-order valence-electron chi connectivity index (χ3n) is 3.67. The van der Waals surface area contributed by atoms with Crippen LogP contribution in [-0.2, 0) is 6.54 Å². The van der Waals surface area contributed by atoms with Gasteiger partial charge in [-0.15, -0.1) is 0 Å². The Morgan fingerprint density at radius 2 is 1.90 bits per heavy atom. The first kappa shape index (κ1) is 13.7. The summed E-state index contributed by atoms with van der Waals surface area (Å²) in [7, 11) is 1.83. The maximum atomic E-state index is 13.4. The van der Waals surface area contributed by atoms with Crippen molar-refractivity contribution in [3.05, 3.63) is 53.2 Å². The van der Waals surface area contributed by atoms with Gasteiger partial charge in [-0.25, -0.2) is 14.4 Å². The Morgan fingerprint density at radius 1 is 1.14 bits per heavy atom. The first-order chi connectivity index (χ1) is 10.1. The highest BCUT2D eigenvalue weighted by Crippen LogP contribution is 2.23. The summed E-state index contributed by atoms with van der Waals surface area (Å²) in [6, 6.07) is 5.65. The number of hydrogen-bond donors (Lipinski definition) is 1. The molecule has 108 valence electrons. The van der Waals surface area contributed by atoms with Crippen LogP contribution in [0.2, 0.25) is 0 Å². The molecule has 2 aromatic heterocycles. The number of hydrogen-bond acceptors (Lipinski definition) is 3. The normalized spacial score (nSPS) is 11.2. The Bertz CT molecular complexity index is 807. The highest BCUT2D eigenvalue weighted by Gasteiger charge is 2.12. The predicted molar refractivity (Wildman–Crippen MR) is 81.1 cm³/mol. The number of imidazole rings is 1. The Morgan fingerprint density at radius 3 is 2.67 bits per heavy atom. The van der Waals surface area contributed by atoms with Crippen molar-refractivity contribution in [1.29, 1.82) is 0 Å². The molecule has 3 aromatic rings. The highest BCUT2D eigenvalue weighted by atomic mass is 19.1. The fourth-order valence-corrected chi connectivity index (χ4v) is 2.44. The maximum Gasteiger partial charge on any atom is 0.143 e. The number of rotatable bonds is 3. The molecule has 21 heavy (non-hydrogen) atoms. The van der Waals surface area contributed by atoms with E-state index < -0.39 is 0 Å². The van der Waals surface area contributed by atoms with Crippen molar-refractivity contribution >= 4 is 11.0 Å². The lowest BCUT2D eigenvalue weighted by Gasteiger charge is -2.10. The molecule has 0 aliphatic carbocycles. The second-order valence-electron chi connectivity index (χ2n) is 5.21. The third kappa shape index (κ3) is 2.40. The minimum Gasteiger partial charge on any atom is -0.316 e. The van der Waals surface area contributed by atoms with Gasteiger partial charge in [0.2, 0.25) is 0 Å². The molecule has 0 amide bonds. The molecule has 4 nitrogen and oxygen atoms in total. The van der Waals surface area contributed by atoms with Gasteiger partial charge < -0.3 is 5.32 Å². The molecular weight excluding hydrogens is 267 g/mol. The van der Waals surface area contributed by atoms with Crippen molar-refractivity contribution in [1.82, 2.24) is 19.9 Å².